The molecule has 1 aliphatic rings. The fourth-order valence-corrected chi connectivity index (χ4v) is 2.61. The van der Waals surface area contributed by atoms with Crippen molar-refractivity contribution < 1.29 is 14.3 Å². The van der Waals surface area contributed by atoms with E-state index in [2.05, 4.69) is 24.1 Å². The van der Waals surface area contributed by atoms with E-state index in [0.717, 1.165) is 12.8 Å². The van der Waals surface area contributed by atoms with Crippen molar-refractivity contribution in [2.24, 2.45) is 0 Å². The van der Waals surface area contributed by atoms with Crippen LogP contribution in [0.5, 0.6) is 0 Å². The predicted molar refractivity (Wildman–Crippen MR) is 99.2 cm³/mol. The van der Waals surface area contributed by atoms with Crippen LogP contribution in [0.15, 0.2) is 0 Å². The van der Waals surface area contributed by atoms with Crippen molar-refractivity contribution in [2.45, 2.75) is 58.0 Å². The average Bonchev–Trinajstić information content (AvgIpc) is 2.91. The molecule has 2 amide bonds. The Morgan fingerprint density at radius 2 is 1.96 bits per heavy atom. The van der Waals surface area contributed by atoms with Gasteiger partial charge < -0.3 is 15.0 Å². The van der Waals surface area contributed by atoms with Crippen LogP contribution in [0, 0.1) is 11.8 Å². The summed E-state index contributed by atoms with van der Waals surface area (Å²) in [5.41, 5.74) is 0. The first kappa shape index (κ1) is 21.3. The van der Waals surface area contributed by atoms with E-state index in [1.807, 2.05) is 19.0 Å². The quantitative estimate of drug-likeness (QED) is 0.484. The number of carbonyl (C=O) groups is 2. The Kier molecular flexibility index (Phi) is 10.7. The normalized spacial score (nSPS) is 16.7. The molecule has 1 aliphatic heterocycles. The van der Waals surface area contributed by atoms with Gasteiger partial charge in [0, 0.05) is 19.5 Å². The molecule has 0 saturated carbocycles. The average molecular weight is 351 g/mol. The minimum Gasteiger partial charge on any atom is -0.436 e. The second-order valence-corrected chi connectivity index (χ2v) is 6.73. The van der Waals surface area contributed by atoms with Crippen LogP contribution < -0.4 is 5.32 Å². The lowest BCUT2D eigenvalue weighted by molar-refractivity contribution is -0.134. The zero-order chi connectivity index (χ0) is 18.5. The third kappa shape index (κ3) is 9.35. The van der Waals surface area contributed by atoms with Gasteiger partial charge in [0.1, 0.15) is 0 Å². The summed E-state index contributed by atoms with van der Waals surface area (Å²) in [6.07, 6.45) is 6.41. The van der Waals surface area contributed by atoms with Crippen LogP contribution in [0.1, 0.15) is 51.9 Å². The molecule has 0 aliphatic carbocycles. The molecular formula is C19H33N3O3. The van der Waals surface area contributed by atoms with Crippen LogP contribution in [0.4, 0.5) is 4.79 Å². The third-order valence-corrected chi connectivity index (χ3v) is 4.09. The lowest BCUT2D eigenvalue weighted by atomic mass is 10.1. The van der Waals surface area contributed by atoms with Crippen molar-refractivity contribution in [1.29, 1.82) is 0 Å². The molecule has 0 bridgehead atoms. The van der Waals surface area contributed by atoms with Gasteiger partial charge in [-0.2, -0.15) is 0 Å². The van der Waals surface area contributed by atoms with E-state index in [9.17, 15) is 9.59 Å². The number of amides is 2. The molecule has 0 aromatic carbocycles. The Bertz CT molecular complexity index is 468. The van der Waals surface area contributed by atoms with E-state index >= 15 is 0 Å². The second-order valence-electron chi connectivity index (χ2n) is 6.73. The molecule has 0 unspecified atom stereocenters. The van der Waals surface area contributed by atoms with Gasteiger partial charge in [-0.1, -0.05) is 50.9 Å². The number of unbranched alkanes of at least 4 members (excludes halogenated alkanes) is 5. The van der Waals surface area contributed by atoms with Crippen LogP contribution in [-0.4, -0.2) is 68.2 Å². The Balaban J connectivity index is 2.16. The van der Waals surface area contributed by atoms with Gasteiger partial charge in [0.05, 0.1) is 13.1 Å². The van der Waals surface area contributed by atoms with E-state index < -0.39 is 12.2 Å². The fourth-order valence-electron chi connectivity index (χ4n) is 2.61. The first-order valence-corrected chi connectivity index (χ1v) is 9.38. The molecule has 1 N–H and O–H groups in total. The molecule has 0 aromatic heterocycles. The molecule has 1 fully saturated rings. The number of ether oxygens (including phenoxy) is 1. The fraction of sp³-hybridized carbons (Fsp3) is 0.789. The van der Waals surface area contributed by atoms with E-state index in [4.69, 9.17) is 4.74 Å². The third-order valence-electron chi connectivity index (χ3n) is 4.09. The summed E-state index contributed by atoms with van der Waals surface area (Å²) in [7, 11) is 3.90. The molecule has 0 spiro atoms. The van der Waals surface area contributed by atoms with Crippen molar-refractivity contribution in [3.63, 3.8) is 0 Å². The summed E-state index contributed by atoms with van der Waals surface area (Å²) >= 11 is 0. The van der Waals surface area contributed by atoms with Gasteiger partial charge in [-0.05, 0) is 20.5 Å². The number of nitrogens with zero attached hydrogens (tertiary/aromatic N) is 2. The molecule has 1 atom stereocenters. The second kappa shape index (κ2) is 12.6. The zero-order valence-electron chi connectivity index (χ0n) is 16.0. The largest absolute Gasteiger partial charge is 0.436 e. The highest BCUT2D eigenvalue weighted by Crippen LogP contribution is 2.14. The molecular weight excluding hydrogens is 318 g/mol. The number of alkyl carbamates (subject to hydrolysis) is 1. The van der Waals surface area contributed by atoms with Gasteiger partial charge in [-0.25, -0.2) is 4.79 Å². The van der Waals surface area contributed by atoms with Crippen molar-refractivity contribution in [3.05, 3.63) is 0 Å². The van der Waals surface area contributed by atoms with Gasteiger partial charge in [-0.3, -0.25) is 9.69 Å². The topological polar surface area (TPSA) is 61.9 Å². The monoisotopic (exact) mass is 351 g/mol. The maximum Gasteiger partial charge on any atom is 0.407 e. The maximum atomic E-state index is 12.2. The van der Waals surface area contributed by atoms with Crippen LogP contribution in [-0.2, 0) is 9.53 Å². The Morgan fingerprint density at radius 3 is 2.68 bits per heavy atom. The summed E-state index contributed by atoms with van der Waals surface area (Å²) in [6.45, 7) is 4.45. The first-order valence-electron chi connectivity index (χ1n) is 9.38. The molecule has 1 rings (SSSR count). The van der Waals surface area contributed by atoms with Crippen LogP contribution in [0.2, 0.25) is 0 Å². The van der Waals surface area contributed by atoms with Gasteiger partial charge in [-0.15, -0.1) is 0 Å². The van der Waals surface area contributed by atoms with Crippen LogP contribution in [0.3, 0.4) is 0 Å². The van der Waals surface area contributed by atoms with E-state index in [1.165, 1.54) is 25.7 Å². The summed E-state index contributed by atoms with van der Waals surface area (Å²) < 4.78 is 5.25. The van der Waals surface area contributed by atoms with E-state index in [-0.39, 0.29) is 5.91 Å². The van der Waals surface area contributed by atoms with Crippen LogP contribution in [0.25, 0.3) is 0 Å². The SMILES string of the molecule is CCCCCCCCNC(=O)O[C@@H]1CCN(CC#CCN(C)C)C1=O. The summed E-state index contributed by atoms with van der Waals surface area (Å²) in [6, 6.07) is 0. The summed E-state index contributed by atoms with van der Waals surface area (Å²) in [4.78, 5) is 27.6. The Hall–Kier alpha value is -1.74. The van der Waals surface area contributed by atoms with E-state index in [1.54, 1.807) is 4.90 Å². The minimum atomic E-state index is -0.666. The number of carbonyl (C=O) groups excluding carboxylic acids is 2. The minimum absolute atomic E-state index is 0.145. The van der Waals surface area contributed by atoms with Crippen LogP contribution >= 0.6 is 0 Å². The van der Waals surface area contributed by atoms with Crippen molar-refractivity contribution in [3.8, 4) is 11.8 Å². The molecule has 0 aromatic rings. The predicted octanol–water partition coefficient (Wildman–Crippen LogP) is 2.24. The molecule has 6 heteroatoms. The van der Waals surface area contributed by atoms with Gasteiger partial charge >= 0.3 is 6.09 Å². The Morgan fingerprint density at radius 1 is 1.24 bits per heavy atom. The smallest absolute Gasteiger partial charge is 0.407 e. The number of hydrogen-bond donors (Lipinski definition) is 1. The lowest BCUT2D eigenvalue weighted by Gasteiger charge is -2.14. The van der Waals surface area contributed by atoms with Crippen molar-refractivity contribution >= 4 is 12.0 Å². The number of likely N-dealkylation sites (tertiary alicyclic amines) is 1. The highest BCUT2D eigenvalue weighted by molar-refractivity contribution is 5.85. The molecule has 1 heterocycles. The maximum absolute atomic E-state index is 12.2. The highest BCUT2D eigenvalue weighted by Gasteiger charge is 2.34. The highest BCUT2D eigenvalue weighted by atomic mass is 16.6. The molecule has 0 radical (unpaired) electrons. The number of nitrogens with one attached hydrogen (secondary N) is 1. The number of rotatable bonds is 10. The lowest BCUT2D eigenvalue weighted by Crippen LogP contribution is -2.35. The van der Waals surface area contributed by atoms with Gasteiger partial charge in [0.2, 0.25) is 0 Å². The molecule has 1 saturated heterocycles. The molecule has 6 nitrogen and oxygen atoms in total. The van der Waals surface area contributed by atoms with Gasteiger partial charge in [0.15, 0.2) is 6.10 Å². The standard InChI is InChI=1S/C19H33N3O3/c1-4-5-6-7-8-9-13-20-19(24)25-17-12-16-22(18(17)23)15-11-10-14-21(2)3/h17H,4-9,12-16H2,1-3H3,(H,20,24)/t17-/m1/s1. The summed E-state index contributed by atoms with van der Waals surface area (Å²) in [5.74, 6) is 5.84. The summed E-state index contributed by atoms with van der Waals surface area (Å²) in [5, 5.41) is 2.74. The molecule has 142 valence electrons. The number of hydrogen-bond acceptors (Lipinski definition) is 4. The van der Waals surface area contributed by atoms with Crippen molar-refractivity contribution in [2.75, 3.05) is 40.3 Å². The Labute approximate surface area is 152 Å². The zero-order valence-corrected chi connectivity index (χ0v) is 16.0. The molecule has 25 heavy (non-hydrogen) atoms. The van der Waals surface area contributed by atoms with E-state index in [0.29, 0.717) is 32.6 Å². The first-order chi connectivity index (χ1) is 12.0. The van der Waals surface area contributed by atoms with Crippen molar-refractivity contribution in [1.82, 2.24) is 15.1 Å². The van der Waals surface area contributed by atoms with Gasteiger partial charge in [0.25, 0.3) is 5.91 Å².